The van der Waals surface area contributed by atoms with E-state index in [1.807, 2.05) is 19.9 Å². The summed E-state index contributed by atoms with van der Waals surface area (Å²) in [7, 11) is 0. The van der Waals surface area contributed by atoms with Crippen LogP contribution in [0.3, 0.4) is 0 Å². The molecule has 2 saturated carbocycles. The highest BCUT2D eigenvalue weighted by Crippen LogP contribution is 2.40. The summed E-state index contributed by atoms with van der Waals surface area (Å²) in [4.78, 5) is 24.5. The Morgan fingerprint density at radius 3 is 2.33 bits per heavy atom. The predicted molar refractivity (Wildman–Crippen MR) is 152 cm³/mol. The molecule has 36 heavy (non-hydrogen) atoms. The van der Waals surface area contributed by atoms with Crippen LogP contribution in [0, 0.1) is 29.6 Å². The van der Waals surface area contributed by atoms with E-state index in [-0.39, 0.29) is 29.6 Å². The molecule has 2 rings (SSSR count). The van der Waals surface area contributed by atoms with E-state index in [4.69, 9.17) is 0 Å². The summed E-state index contributed by atoms with van der Waals surface area (Å²) in [6.45, 7) is 8.19. The van der Waals surface area contributed by atoms with Gasteiger partial charge in [0, 0.05) is 24.2 Å². The Balaban J connectivity index is 1.70. The van der Waals surface area contributed by atoms with Crippen LogP contribution in [-0.2, 0) is 9.59 Å². The number of allylic oxidation sites excluding steroid dienone is 4. The Bertz CT molecular complexity index is 736. The fourth-order valence-corrected chi connectivity index (χ4v) is 5.54. The lowest BCUT2D eigenvalue weighted by molar-refractivity contribution is -0.122. The Hall–Kier alpha value is -1.48. The van der Waals surface area contributed by atoms with Crippen molar-refractivity contribution in [1.29, 1.82) is 0 Å². The van der Waals surface area contributed by atoms with E-state index >= 15 is 0 Å². The lowest BCUT2D eigenvalue weighted by Gasteiger charge is -2.21. The topological polar surface area (TPSA) is 54.4 Å². The molecule has 0 heterocycles. The monoisotopic (exact) mass is 498 g/mol. The van der Waals surface area contributed by atoms with E-state index in [1.54, 1.807) is 6.08 Å². The second kappa shape index (κ2) is 17.1. The van der Waals surface area contributed by atoms with Gasteiger partial charge in [-0.2, -0.15) is 0 Å². The summed E-state index contributed by atoms with van der Waals surface area (Å²) in [6, 6.07) is 0. The maximum atomic E-state index is 12.6. The van der Waals surface area contributed by atoms with Crippen LogP contribution in [-0.4, -0.2) is 22.8 Å². The molecule has 3 nitrogen and oxygen atoms in total. The number of hydrogen-bond acceptors (Lipinski definition) is 3. The Morgan fingerprint density at radius 2 is 1.67 bits per heavy atom. The molecule has 0 spiro atoms. The van der Waals surface area contributed by atoms with Gasteiger partial charge in [0.15, 0.2) is 5.78 Å². The van der Waals surface area contributed by atoms with Crippen molar-refractivity contribution in [3.63, 3.8) is 0 Å². The van der Waals surface area contributed by atoms with E-state index in [9.17, 15) is 14.7 Å². The maximum Gasteiger partial charge on any atom is 0.158 e. The van der Waals surface area contributed by atoms with E-state index < -0.39 is 0 Å². The Kier molecular flexibility index (Phi) is 14.6. The van der Waals surface area contributed by atoms with Gasteiger partial charge in [-0.05, 0) is 76.2 Å². The van der Waals surface area contributed by atoms with Crippen molar-refractivity contribution >= 4 is 11.6 Å². The molecule has 2 aliphatic rings. The van der Waals surface area contributed by atoms with Crippen molar-refractivity contribution in [2.45, 2.75) is 130 Å². The molecule has 1 N–H and O–H groups in total. The van der Waals surface area contributed by atoms with Gasteiger partial charge in [-0.3, -0.25) is 9.59 Å². The highest BCUT2D eigenvalue weighted by atomic mass is 16.3. The number of unbranched alkanes of at least 4 members (excludes halogenated alkanes) is 1. The molecule has 0 amide bonds. The van der Waals surface area contributed by atoms with Crippen LogP contribution in [0.2, 0.25) is 0 Å². The molecule has 204 valence electrons. The molecule has 0 aromatic heterocycles. The minimum absolute atomic E-state index is 0.0733. The number of Topliss-reactive ketones (excluding diaryl/α,β-unsaturated/α-hetero) is 1. The molecule has 0 aromatic carbocycles. The van der Waals surface area contributed by atoms with Crippen LogP contribution in [0.1, 0.15) is 124 Å². The number of hydrogen-bond donors (Lipinski definition) is 1. The summed E-state index contributed by atoms with van der Waals surface area (Å²) < 4.78 is 0. The average molecular weight is 499 g/mol. The molecule has 0 radical (unpaired) electrons. The number of ketones is 2. The second-order valence-corrected chi connectivity index (χ2v) is 11.9. The van der Waals surface area contributed by atoms with Gasteiger partial charge in [0.2, 0.25) is 0 Å². The lowest BCUT2D eigenvalue weighted by atomic mass is 9.85. The largest absolute Gasteiger partial charge is 0.392 e. The fourth-order valence-electron chi connectivity index (χ4n) is 5.54. The van der Waals surface area contributed by atoms with Crippen LogP contribution < -0.4 is 0 Å². The molecule has 0 saturated heterocycles. The molecular weight excluding hydrogens is 444 g/mol. The van der Waals surface area contributed by atoms with Crippen molar-refractivity contribution in [2.75, 3.05) is 0 Å². The van der Waals surface area contributed by atoms with Crippen molar-refractivity contribution < 1.29 is 14.7 Å². The zero-order chi connectivity index (χ0) is 26.3. The first-order chi connectivity index (χ1) is 17.3. The van der Waals surface area contributed by atoms with Gasteiger partial charge in [-0.25, -0.2) is 0 Å². The summed E-state index contributed by atoms with van der Waals surface area (Å²) in [5.41, 5.74) is 1.22. The molecule has 0 aromatic rings. The van der Waals surface area contributed by atoms with E-state index in [0.717, 1.165) is 44.4 Å². The van der Waals surface area contributed by atoms with Gasteiger partial charge < -0.3 is 5.11 Å². The van der Waals surface area contributed by atoms with Gasteiger partial charge in [-0.15, -0.1) is 0 Å². The standard InChI is InChI=1S/C33H54O3/c1-5-26(3)31(34)18-12-7-6-11-17-30(29-21-22-29)33(36)23-20-25(2)24-27(4)32(35)19-13-16-28-14-9-8-10-15-28/h11-12,17-18,20,26-30,33,36H,5-10,13-16,19,21-24H2,1-4H3/b17-11+,18-12+,25-20-/t26?,27-,30?,33-/m0/s1. The third kappa shape index (κ3) is 12.2. The van der Waals surface area contributed by atoms with Crippen LogP contribution >= 0.6 is 0 Å². The van der Waals surface area contributed by atoms with E-state index in [2.05, 4.69) is 32.1 Å². The van der Waals surface area contributed by atoms with Crippen LogP contribution in [0.5, 0.6) is 0 Å². The van der Waals surface area contributed by atoms with Gasteiger partial charge in [0.1, 0.15) is 5.78 Å². The van der Waals surface area contributed by atoms with E-state index in [0.29, 0.717) is 18.1 Å². The predicted octanol–water partition coefficient (Wildman–Crippen LogP) is 8.56. The molecule has 2 aliphatic carbocycles. The second-order valence-electron chi connectivity index (χ2n) is 11.9. The van der Waals surface area contributed by atoms with E-state index in [1.165, 1.54) is 56.9 Å². The normalized spacial score (nSPS) is 21.1. The van der Waals surface area contributed by atoms with Crippen molar-refractivity contribution in [3.05, 3.63) is 36.0 Å². The summed E-state index contributed by atoms with van der Waals surface area (Å²) >= 11 is 0. The van der Waals surface area contributed by atoms with Crippen molar-refractivity contribution in [1.82, 2.24) is 0 Å². The average Bonchev–Trinajstić information content (AvgIpc) is 3.72. The Morgan fingerprint density at radius 1 is 0.972 bits per heavy atom. The minimum Gasteiger partial charge on any atom is -0.392 e. The number of carbonyl (C=O) groups excluding carboxylic acids is 2. The first kappa shape index (κ1) is 30.7. The molecule has 2 unspecified atom stereocenters. The smallest absolute Gasteiger partial charge is 0.158 e. The molecule has 2 fully saturated rings. The fraction of sp³-hybridized carbons (Fsp3) is 0.758. The Labute approximate surface area is 221 Å². The van der Waals surface area contributed by atoms with Gasteiger partial charge >= 0.3 is 0 Å². The summed E-state index contributed by atoms with van der Waals surface area (Å²) in [6.07, 6.45) is 26.2. The van der Waals surface area contributed by atoms with Gasteiger partial charge in [0.25, 0.3) is 0 Å². The SMILES string of the molecule is CCC(C)C(=O)/C=C/CC/C=C/C(C1CC1)[C@@H](O)C/C=C(/C)C[C@H](C)C(=O)CCCC1CCCCC1. The highest BCUT2D eigenvalue weighted by molar-refractivity contribution is 5.91. The molecule has 4 atom stereocenters. The number of aliphatic hydroxyl groups is 1. The zero-order valence-corrected chi connectivity index (χ0v) is 23.7. The van der Waals surface area contributed by atoms with Crippen LogP contribution in [0.4, 0.5) is 0 Å². The molecule has 0 aliphatic heterocycles. The first-order valence-electron chi connectivity index (χ1n) is 15.0. The first-order valence-corrected chi connectivity index (χ1v) is 15.0. The third-order valence-electron chi connectivity index (χ3n) is 8.50. The lowest BCUT2D eigenvalue weighted by Crippen LogP contribution is -2.20. The molecular formula is C33H54O3. The molecule has 0 bridgehead atoms. The van der Waals surface area contributed by atoms with Gasteiger partial charge in [0.05, 0.1) is 6.10 Å². The minimum atomic E-state index is -0.368. The van der Waals surface area contributed by atoms with Crippen molar-refractivity contribution in [3.8, 4) is 0 Å². The third-order valence-corrected chi connectivity index (χ3v) is 8.50. The highest BCUT2D eigenvalue weighted by Gasteiger charge is 2.33. The summed E-state index contributed by atoms with van der Waals surface area (Å²) in [5, 5.41) is 10.9. The quantitative estimate of drug-likeness (QED) is 0.117. The summed E-state index contributed by atoms with van der Waals surface area (Å²) in [5.74, 6) is 2.45. The van der Waals surface area contributed by atoms with Crippen LogP contribution in [0.25, 0.3) is 0 Å². The number of aliphatic hydroxyl groups excluding tert-OH is 1. The van der Waals surface area contributed by atoms with Crippen LogP contribution in [0.15, 0.2) is 36.0 Å². The molecule has 3 heteroatoms. The number of rotatable bonds is 18. The zero-order valence-electron chi connectivity index (χ0n) is 23.7. The van der Waals surface area contributed by atoms with Gasteiger partial charge in [-0.1, -0.05) is 89.2 Å². The maximum absolute atomic E-state index is 12.6. The number of carbonyl (C=O) groups is 2. The van der Waals surface area contributed by atoms with Crippen molar-refractivity contribution in [2.24, 2.45) is 29.6 Å².